The van der Waals surface area contributed by atoms with Crippen LogP contribution in [0.15, 0.2) is 11.6 Å². The van der Waals surface area contributed by atoms with Gasteiger partial charge in [-0.05, 0) is 31.8 Å². The summed E-state index contributed by atoms with van der Waals surface area (Å²) in [6, 6.07) is 0. The Kier molecular flexibility index (Phi) is 4.66. The van der Waals surface area contributed by atoms with Crippen LogP contribution in [0.1, 0.15) is 12.8 Å². The summed E-state index contributed by atoms with van der Waals surface area (Å²) in [7, 11) is 0. The van der Waals surface area contributed by atoms with E-state index in [0.717, 1.165) is 19.6 Å². The molecule has 0 aromatic rings. The van der Waals surface area contributed by atoms with Crippen LogP contribution in [0, 0.1) is 5.92 Å². The summed E-state index contributed by atoms with van der Waals surface area (Å²) in [5.41, 5.74) is 7.21. The topological polar surface area (TPSA) is 29.3 Å². The number of rotatable bonds is 3. The maximum absolute atomic E-state index is 5.62. The lowest BCUT2D eigenvalue weighted by Crippen LogP contribution is -2.38. The van der Waals surface area contributed by atoms with E-state index in [1.54, 1.807) is 5.54 Å². The van der Waals surface area contributed by atoms with Crippen molar-refractivity contribution in [1.82, 2.24) is 4.90 Å². The third kappa shape index (κ3) is 3.13. The zero-order valence-corrected chi connectivity index (χ0v) is 8.13. The van der Waals surface area contributed by atoms with Crippen LogP contribution >= 0.6 is 11.6 Å². The third-order valence-corrected chi connectivity index (χ3v) is 2.57. The van der Waals surface area contributed by atoms with E-state index in [4.69, 9.17) is 17.3 Å². The monoisotopic (exact) mass is 188 g/mol. The van der Waals surface area contributed by atoms with Gasteiger partial charge in [0.15, 0.2) is 0 Å². The van der Waals surface area contributed by atoms with Crippen molar-refractivity contribution >= 4 is 11.6 Å². The van der Waals surface area contributed by atoms with E-state index in [0.29, 0.717) is 5.92 Å². The lowest BCUT2D eigenvalue weighted by atomic mass is 9.98. The molecule has 1 heterocycles. The Balaban J connectivity index is 2.25. The van der Waals surface area contributed by atoms with Crippen LogP contribution < -0.4 is 5.73 Å². The highest BCUT2D eigenvalue weighted by molar-refractivity contribution is 6.25. The molecule has 1 unspecified atom stereocenters. The van der Waals surface area contributed by atoms with E-state index in [2.05, 4.69) is 4.90 Å². The summed E-state index contributed by atoms with van der Waals surface area (Å²) in [4.78, 5) is 2.40. The molecule has 1 fully saturated rings. The van der Waals surface area contributed by atoms with Crippen molar-refractivity contribution in [2.75, 3.05) is 26.2 Å². The Hall–Kier alpha value is -0.0500. The summed E-state index contributed by atoms with van der Waals surface area (Å²) in [5, 5.41) is 0. The van der Waals surface area contributed by atoms with Gasteiger partial charge in [0.2, 0.25) is 0 Å². The van der Waals surface area contributed by atoms with Crippen LogP contribution in [0.4, 0.5) is 0 Å². The second-order valence-electron chi connectivity index (χ2n) is 3.37. The van der Waals surface area contributed by atoms with Crippen LogP contribution in [-0.2, 0) is 0 Å². The molecule has 1 aliphatic heterocycles. The van der Waals surface area contributed by atoms with Gasteiger partial charge in [0.1, 0.15) is 0 Å². The molecule has 0 saturated carbocycles. The lowest BCUT2D eigenvalue weighted by Gasteiger charge is -2.31. The first-order valence-electron chi connectivity index (χ1n) is 4.54. The molecule has 0 spiro atoms. The van der Waals surface area contributed by atoms with Crippen LogP contribution in [0.2, 0.25) is 0 Å². The van der Waals surface area contributed by atoms with Crippen LogP contribution in [0.25, 0.3) is 0 Å². The van der Waals surface area contributed by atoms with Gasteiger partial charge in [-0.2, -0.15) is 0 Å². The fourth-order valence-electron chi connectivity index (χ4n) is 1.70. The van der Waals surface area contributed by atoms with E-state index < -0.39 is 0 Å². The SMILES string of the molecule is NCC1CCCN(CC=CCl)C1. The summed E-state index contributed by atoms with van der Waals surface area (Å²) in [5.74, 6) is 0.697. The van der Waals surface area contributed by atoms with Crippen molar-refractivity contribution in [3.8, 4) is 0 Å². The number of nitrogens with two attached hydrogens (primary N) is 1. The van der Waals surface area contributed by atoms with Gasteiger partial charge in [0, 0.05) is 18.6 Å². The summed E-state index contributed by atoms with van der Waals surface area (Å²) < 4.78 is 0. The fraction of sp³-hybridized carbons (Fsp3) is 0.778. The average Bonchev–Trinajstić information content (AvgIpc) is 2.15. The maximum Gasteiger partial charge on any atom is 0.0174 e. The number of piperidine rings is 1. The summed E-state index contributed by atoms with van der Waals surface area (Å²) >= 11 is 5.46. The predicted octanol–water partition coefficient (Wildman–Crippen LogP) is 1.41. The minimum absolute atomic E-state index is 0.697. The second kappa shape index (κ2) is 5.57. The predicted molar refractivity (Wildman–Crippen MR) is 53.2 cm³/mol. The number of hydrogen-bond donors (Lipinski definition) is 1. The van der Waals surface area contributed by atoms with Crippen molar-refractivity contribution < 1.29 is 0 Å². The van der Waals surface area contributed by atoms with E-state index in [1.807, 2.05) is 6.08 Å². The van der Waals surface area contributed by atoms with Gasteiger partial charge >= 0.3 is 0 Å². The van der Waals surface area contributed by atoms with Gasteiger partial charge in [-0.1, -0.05) is 17.7 Å². The van der Waals surface area contributed by atoms with Crippen molar-refractivity contribution in [3.63, 3.8) is 0 Å². The number of nitrogens with zero attached hydrogens (tertiary/aromatic N) is 1. The number of halogens is 1. The van der Waals surface area contributed by atoms with Crippen LogP contribution in [-0.4, -0.2) is 31.1 Å². The van der Waals surface area contributed by atoms with Gasteiger partial charge in [-0.25, -0.2) is 0 Å². The van der Waals surface area contributed by atoms with E-state index in [1.165, 1.54) is 19.4 Å². The maximum atomic E-state index is 5.62. The molecule has 1 atom stereocenters. The fourth-order valence-corrected chi connectivity index (χ4v) is 1.78. The molecule has 0 bridgehead atoms. The van der Waals surface area contributed by atoms with Gasteiger partial charge in [-0.15, -0.1) is 0 Å². The summed E-state index contributed by atoms with van der Waals surface area (Å²) in [6.07, 6.45) is 4.55. The molecule has 0 aromatic carbocycles. The van der Waals surface area contributed by atoms with Crippen LogP contribution in [0.5, 0.6) is 0 Å². The van der Waals surface area contributed by atoms with E-state index in [9.17, 15) is 0 Å². The molecule has 0 amide bonds. The zero-order chi connectivity index (χ0) is 8.81. The highest BCUT2D eigenvalue weighted by Gasteiger charge is 2.16. The molecule has 1 saturated heterocycles. The van der Waals surface area contributed by atoms with Crippen molar-refractivity contribution in [1.29, 1.82) is 0 Å². The molecule has 2 nitrogen and oxygen atoms in total. The first-order valence-corrected chi connectivity index (χ1v) is 4.98. The molecule has 1 rings (SSSR count). The minimum atomic E-state index is 0.697. The molecule has 0 aliphatic carbocycles. The van der Waals surface area contributed by atoms with Crippen molar-refractivity contribution in [3.05, 3.63) is 11.6 Å². The lowest BCUT2D eigenvalue weighted by molar-refractivity contribution is 0.195. The molecule has 3 heteroatoms. The van der Waals surface area contributed by atoms with E-state index >= 15 is 0 Å². The second-order valence-corrected chi connectivity index (χ2v) is 3.62. The molecular formula is C9H17ClN2. The highest BCUT2D eigenvalue weighted by atomic mass is 35.5. The van der Waals surface area contributed by atoms with Crippen molar-refractivity contribution in [2.45, 2.75) is 12.8 Å². The Morgan fingerprint density at radius 2 is 2.42 bits per heavy atom. The first kappa shape index (κ1) is 10.0. The minimum Gasteiger partial charge on any atom is -0.330 e. The number of likely N-dealkylation sites (tertiary alicyclic amines) is 1. The first-order chi connectivity index (χ1) is 5.86. The van der Waals surface area contributed by atoms with Gasteiger partial charge < -0.3 is 5.73 Å². The summed E-state index contributed by atoms with van der Waals surface area (Å²) in [6.45, 7) is 4.12. The smallest absolute Gasteiger partial charge is 0.0174 e. The zero-order valence-electron chi connectivity index (χ0n) is 7.38. The molecule has 2 N–H and O–H groups in total. The normalized spacial score (nSPS) is 26.7. The Morgan fingerprint density at radius 1 is 1.58 bits per heavy atom. The Bertz CT molecular complexity index is 147. The molecule has 70 valence electrons. The average molecular weight is 189 g/mol. The van der Waals surface area contributed by atoms with Gasteiger partial charge in [0.05, 0.1) is 0 Å². The quantitative estimate of drug-likeness (QED) is 0.726. The number of hydrogen-bond acceptors (Lipinski definition) is 2. The van der Waals surface area contributed by atoms with Crippen molar-refractivity contribution in [2.24, 2.45) is 11.7 Å². The third-order valence-electron chi connectivity index (χ3n) is 2.39. The van der Waals surface area contributed by atoms with Crippen LogP contribution in [0.3, 0.4) is 0 Å². The van der Waals surface area contributed by atoms with Gasteiger partial charge in [0.25, 0.3) is 0 Å². The molecule has 12 heavy (non-hydrogen) atoms. The highest BCUT2D eigenvalue weighted by Crippen LogP contribution is 2.14. The van der Waals surface area contributed by atoms with E-state index in [-0.39, 0.29) is 0 Å². The molecule has 1 aliphatic rings. The standard InChI is InChI=1S/C9H17ClN2/c10-4-2-6-12-5-1-3-9(7-11)8-12/h2,4,9H,1,3,5-8,11H2. The molecule has 0 radical (unpaired) electrons. The Labute approximate surface area is 79.4 Å². The molecule has 0 aromatic heterocycles. The largest absolute Gasteiger partial charge is 0.330 e. The molecular weight excluding hydrogens is 172 g/mol. The van der Waals surface area contributed by atoms with Gasteiger partial charge in [-0.3, -0.25) is 4.90 Å². The Morgan fingerprint density at radius 3 is 3.08 bits per heavy atom.